The third-order valence-corrected chi connectivity index (χ3v) is 3.87. The molecular weight excluding hydrogens is 266 g/mol. The van der Waals surface area contributed by atoms with Crippen LogP contribution in [0.2, 0.25) is 5.02 Å². The Labute approximate surface area is 116 Å². The van der Waals surface area contributed by atoms with Gasteiger partial charge in [-0.15, -0.1) is 11.3 Å². The van der Waals surface area contributed by atoms with Gasteiger partial charge in [0.25, 0.3) is 0 Å². The molecule has 0 atom stereocenters. The van der Waals surface area contributed by atoms with E-state index in [1.165, 1.54) is 0 Å². The van der Waals surface area contributed by atoms with E-state index < -0.39 is 0 Å². The van der Waals surface area contributed by atoms with E-state index in [1.54, 1.807) is 11.3 Å². The van der Waals surface area contributed by atoms with Crippen LogP contribution in [0.3, 0.4) is 0 Å². The lowest BCUT2D eigenvalue weighted by Gasteiger charge is -2.18. The Morgan fingerprint density at radius 3 is 2.50 bits per heavy atom. The number of hydrogen-bond donors (Lipinski definition) is 1. The van der Waals surface area contributed by atoms with E-state index in [2.05, 4.69) is 36.1 Å². The van der Waals surface area contributed by atoms with Gasteiger partial charge in [-0.3, -0.25) is 0 Å². The van der Waals surface area contributed by atoms with Gasteiger partial charge in [0.1, 0.15) is 11.6 Å². The molecule has 0 saturated carbocycles. The third-order valence-electron chi connectivity index (χ3n) is 2.50. The van der Waals surface area contributed by atoms with E-state index in [0.29, 0.717) is 0 Å². The molecule has 0 aliphatic carbocycles. The van der Waals surface area contributed by atoms with Crippen molar-refractivity contribution in [2.45, 2.75) is 26.2 Å². The van der Waals surface area contributed by atoms with E-state index in [4.69, 9.17) is 11.6 Å². The van der Waals surface area contributed by atoms with E-state index in [1.807, 2.05) is 24.6 Å². The summed E-state index contributed by atoms with van der Waals surface area (Å²) in [6.45, 7) is 6.30. The summed E-state index contributed by atoms with van der Waals surface area (Å²) >= 11 is 7.76. The monoisotopic (exact) mass is 281 g/mol. The van der Waals surface area contributed by atoms with E-state index in [9.17, 15) is 0 Å². The van der Waals surface area contributed by atoms with Crippen molar-refractivity contribution in [3.8, 4) is 10.6 Å². The van der Waals surface area contributed by atoms with Gasteiger partial charge in [-0.1, -0.05) is 32.4 Å². The van der Waals surface area contributed by atoms with Gasteiger partial charge in [-0.05, 0) is 11.4 Å². The fourth-order valence-electron chi connectivity index (χ4n) is 1.50. The second-order valence-corrected chi connectivity index (χ2v) is 6.38. The Balaban J connectivity index is 2.58. The van der Waals surface area contributed by atoms with Crippen LogP contribution in [0, 0.1) is 0 Å². The molecule has 2 aromatic heterocycles. The van der Waals surface area contributed by atoms with Crippen LogP contribution in [0.15, 0.2) is 17.5 Å². The normalized spacial score (nSPS) is 11.6. The van der Waals surface area contributed by atoms with Gasteiger partial charge < -0.3 is 5.32 Å². The maximum absolute atomic E-state index is 6.17. The largest absolute Gasteiger partial charge is 0.373 e. The molecule has 1 N–H and O–H groups in total. The first-order valence-electron chi connectivity index (χ1n) is 5.72. The molecule has 2 heterocycles. The quantitative estimate of drug-likeness (QED) is 0.896. The van der Waals surface area contributed by atoms with Crippen LogP contribution >= 0.6 is 22.9 Å². The summed E-state index contributed by atoms with van der Waals surface area (Å²) in [5.41, 5.74) is 0.782. The fourth-order valence-corrected chi connectivity index (χ4v) is 2.62. The molecule has 0 radical (unpaired) electrons. The number of hydrogen-bond acceptors (Lipinski definition) is 4. The van der Waals surface area contributed by atoms with Crippen LogP contribution in [-0.2, 0) is 5.41 Å². The maximum atomic E-state index is 6.17. The number of aromatic nitrogens is 2. The predicted octanol–water partition coefficient (Wildman–Crippen LogP) is 4.20. The molecule has 5 heteroatoms. The Kier molecular flexibility index (Phi) is 3.59. The van der Waals surface area contributed by atoms with Gasteiger partial charge in [-0.25, -0.2) is 9.97 Å². The zero-order valence-electron chi connectivity index (χ0n) is 10.9. The van der Waals surface area contributed by atoms with Gasteiger partial charge in [0.15, 0.2) is 0 Å². The molecule has 0 fully saturated rings. The summed E-state index contributed by atoms with van der Waals surface area (Å²) < 4.78 is 0. The molecule has 18 heavy (non-hydrogen) atoms. The Bertz CT molecular complexity index is 558. The van der Waals surface area contributed by atoms with E-state index in [-0.39, 0.29) is 5.41 Å². The van der Waals surface area contributed by atoms with E-state index >= 15 is 0 Å². The zero-order valence-corrected chi connectivity index (χ0v) is 12.5. The van der Waals surface area contributed by atoms with Crippen LogP contribution in [-0.4, -0.2) is 17.0 Å². The minimum Gasteiger partial charge on any atom is -0.373 e. The Hall–Kier alpha value is -1.13. The zero-order chi connectivity index (χ0) is 13.3. The highest BCUT2D eigenvalue weighted by Crippen LogP contribution is 2.34. The van der Waals surface area contributed by atoms with Crippen molar-refractivity contribution in [3.05, 3.63) is 28.4 Å². The number of nitrogens with zero attached hydrogens (tertiary/aromatic N) is 2. The lowest BCUT2D eigenvalue weighted by molar-refractivity contribution is 0.547. The minimum atomic E-state index is -0.0919. The summed E-state index contributed by atoms with van der Waals surface area (Å²) in [4.78, 5) is 10.1. The number of thiophene rings is 1. The summed E-state index contributed by atoms with van der Waals surface area (Å²) in [6.07, 6.45) is 0. The second kappa shape index (κ2) is 4.86. The summed E-state index contributed by atoms with van der Waals surface area (Å²) in [5.74, 6) is 1.63. The standard InChI is InChI=1S/C13H16ClN3S/c1-13(2,3)12-16-9(7-10(15-4)17-12)11-8(14)5-6-18-11/h5-7H,1-4H3,(H,15,16,17). The molecule has 96 valence electrons. The molecule has 0 amide bonds. The molecule has 0 aromatic carbocycles. The fraction of sp³-hybridized carbons (Fsp3) is 0.385. The van der Waals surface area contributed by atoms with Crippen molar-refractivity contribution in [1.82, 2.24) is 9.97 Å². The van der Waals surface area contributed by atoms with E-state index in [0.717, 1.165) is 27.2 Å². The molecule has 2 aromatic rings. The van der Waals surface area contributed by atoms with Gasteiger partial charge in [0.2, 0.25) is 0 Å². The Morgan fingerprint density at radius 1 is 1.28 bits per heavy atom. The van der Waals surface area contributed by atoms with Crippen LogP contribution in [0.1, 0.15) is 26.6 Å². The van der Waals surface area contributed by atoms with Crippen molar-refractivity contribution in [2.75, 3.05) is 12.4 Å². The molecule has 0 aliphatic heterocycles. The maximum Gasteiger partial charge on any atom is 0.136 e. The SMILES string of the molecule is CNc1cc(-c2sccc2Cl)nc(C(C)(C)C)n1. The smallest absolute Gasteiger partial charge is 0.136 e. The van der Waals surface area contributed by atoms with Crippen LogP contribution in [0.5, 0.6) is 0 Å². The highest BCUT2D eigenvalue weighted by atomic mass is 35.5. The summed E-state index contributed by atoms with van der Waals surface area (Å²) in [5, 5.41) is 5.78. The van der Waals surface area contributed by atoms with Crippen LogP contribution in [0.4, 0.5) is 5.82 Å². The lowest BCUT2D eigenvalue weighted by Crippen LogP contribution is -2.17. The molecule has 0 bridgehead atoms. The highest BCUT2D eigenvalue weighted by molar-refractivity contribution is 7.14. The van der Waals surface area contributed by atoms with Gasteiger partial charge in [-0.2, -0.15) is 0 Å². The van der Waals surface area contributed by atoms with Crippen molar-refractivity contribution in [2.24, 2.45) is 0 Å². The molecule has 0 spiro atoms. The van der Waals surface area contributed by atoms with Crippen molar-refractivity contribution < 1.29 is 0 Å². The molecule has 0 saturated heterocycles. The lowest BCUT2D eigenvalue weighted by atomic mass is 9.95. The van der Waals surface area contributed by atoms with Crippen LogP contribution < -0.4 is 5.32 Å². The molecule has 2 rings (SSSR count). The number of halogens is 1. The first-order valence-corrected chi connectivity index (χ1v) is 6.98. The molecule has 0 aliphatic rings. The second-order valence-electron chi connectivity index (χ2n) is 5.06. The van der Waals surface area contributed by atoms with Gasteiger partial charge in [0, 0.05) is 18.5 Å². The third kappa shape index (κ3) is 2.65. The summed E-state index contributed by atoms with van der Waals surface area (Å²) in [6, 6.07) is 3.81. The topological polar surface area (TPSA) is 37.8 Å². The van der Waals surface area contributed by atoms with Crippen molar-refractivity contribution in [1.29, 1.82) is 0 Å². The predicted molar refractivity (Wildman–Crippen MR) is 78.6 cm³/mol. The first kappa shape index (κ1) is 13.3. The number of anilines is 1. The van der Waals surface area contributed by atoms with Crippen LogP contribution in [0.25, 0.3) is 10.6 Å². The number of rotatable bonds is 2. The number of nitrogens with one attached hydrogen (secondary N) is 1. The minimum absolute atomic E-state index is 0.0919. The van der Waals surface area contributed by atoms with Gasteiger partial charge >= 0.3 is 0 Å². The highest BCUT2D eigenvalue weighted by Gasteiger charge is 2.20. The average Bonchev–Trinajstić information content (AvgIpc) is 2.73. The van der Waals surface area contributed by atoms with Gasteiger partial charge in [0.05, 0.1) is 15.6 Å². The summed E-state index contributed by atoms with van der Waals surface area (Å²) in [7, 11) is 1.86. The Morgan fingerprint density at radius 2 is 2.00 bits per heavy atom. The van der Waals surface area contributed by atoms with Crippen molar-refractivity contribution in [3.63, 3.8) is 0 Å². The van der Waals surface area contributed by atoms with Crippen molar-refractivity contribution >= 4 is 28.8 Å². The molecule has 3 nitrogen and oxygen atoms in total. The molecule has 0 unspecified atom stereocenters. The average molecular weight is 282 g/mol. The molecular formula is C13H16ClN3S. The first-order chi connectivity index (χ1) is 8.41.